The van der Waals surface area contributed by atoms with Crippen molar-refractivity contribution in [1.82, 2.24) is 0 Å². The van der Waals surface area contributed by atoms with E-state index >= 15 is 0 Å². The first-order chi connectivity index (χ1) is 10.2. The summed E-state index contributed by atoms with van der Waals surface area (Å²) in [5.74, 6) is -0.281. The Morgan fingerprint density at radius 3 is 2.67 bits per heavy atom. The summed E-state index contributed by atoms with van der Waals surface area (Å²) in [7, 11) is 0. The van der Waals surface area contributed by atoms with Gasteiger partial charge in [0.05, 0.1) is 5.69 Å². The van der Waals surface area contributed by atoms with Crippen molar-refractivity contribution >= 4 is 28.6 Å². The Morgan fingerprint density at radius 2 is 1.90 bits per heavy atom. The van der Waals surface area contributed by atoms with Crippen molar-refractivity contribution in [3.63, 3.8) is 0 Å². The highest BCUT2D eigenvalue weighted by atomic mass is 32.1. The molecule has 2 aromatic carbocycles. The maximum Gasteiger partial charge on any atom is 0.147 e. The van der Waals surface area contributed by atoms with Gasteiger partial charge in [0, 0.05) is 17.8 Å². The predicted octanol–water partition coefficient (Wildman–Crippen LogP) is 3.93. The summed E-state index contributed by atoms with van der Waals surface area (Å²) in [6.07, 6.45) is 3.21. The molecule has 3 rings (SSSR count). The van der Waals surface area contributed by atoms with Gasteiger partial charge in [-0.3, -0.25) is 0 Å². The van der Waals surface area contributed by atoms with Crippen LogP contribution < -0.4 is 10.6 Å². The van der Waals surface area contributed by atoms with Crippen molar-refractivity contribution in [2.45, 2.75) is 19.3 Å². The lowest BCUT2D eigenvalue weighted by Gasteiger charge is -2.25. The van der Waals surface area contributed by atoms with E-state index in [1.54, 1.807) is 12.1 Å². The number of anilines is 2. The number of fused-ring (bicyclic) bond motifs is 1. The van der Waals surface area contributed by atoms with Gasteiger partial charge in [-0.05, 0) is 49.1 Å². The van der Waals surface area contributed by atoms with Crippen LogP contribution in [0.2, 0.25) is 0 Å². The fourth-order valence-electron chi connectivity index (χ4n) is 2.82. The summed E-state index contributed by atoms with van der Waals surface area (Å²) in [6.45, 7) is 0.820. The lowest BCUT2D eigenvalue weighted by Crippen LogP contribution is -2.20. The van der Waals surface area contributed by atoms with Crippen LogP contribution in [0.25, 0.3) is 0 Å². The summed E-state index contributed by atoms with van der Waals surface area (Å²) >= 11 is 4.90. The molecule has 0 saturated carbocycles. The van der Waals surface area contributed by atoms with E-state index in [1.807, 2.05) is 12.1 Å². The SMILES string of the molecule is NC(=S)c1ccc(N2CCCCc3ccccc32)c(F)c1. The molecule has 108 valence electrons. The quantitative estimate of drug-likeness (QED) is 0.852. The van der Waals surface area contributed by atoms with Crippen molar-refractivity contribution in [1.29, 1.82) is 0 Å². The van der Waals surface area contributed by atoms with Gasteiger partial charge in [-0.15, -0.1) is 0 Å². The number of hydrogen-bond donors (Lipinski definition) is 1. The molecule has 2 N–H and O–H groups in total. The summed E-state index contributed by atoms with van der Waals surface area (Å²) in [6, 6.07) is 13.2. The largest absolute Gasteiger partial charge is 0.389 e. The molecular formula is C17H17FN2S. The van der Waals surface area contributed by atoms with Gasteiger partial charge >= 0.3 is 0 Å². The fraction of sp³-hybridized carbons (Fsp3) is 0.235. The van der Waals surface area contributed by atoms with Crippen LogP contribution in [0.3, 0.4) is 0 Å². The van der Waals surface area contributed by atoms with E-state index in [-0.39, 0.29) is 10.8 Å². The zero-order chi connectivity index (χ0) is 14.8. The summed E-state index contributed by atoms with van der Waals surface area (Å²) in [5.41, 5.74) is 9.08. The minimum absolute atomic E-state index is 0.219. The zero-order valence-electron chi connectivity index (χ0n) is 11.7. The minimum Gasteiger partial charge on any atom is -0.389 e. The van der Waals surface area contributed by atoms with E-state index in [1.165, 1.54) is 11.6 Å². The molecular weight excluding hydrogens is 283 g/mol. The van der Waals surface area contributed by atoms with E-state index in [9.17, 15) is 4.39 Å². The Morgan fingerprint density at radius 1 is 1.10 bits per heavy atom. The Kier molecular flexibility index (Phi) is 3.88. The number of para-hydroxylation sites is 1. The van der Waals surface area contributed by atoms with Crippen LogP contribution in [0.4, 0.5) is 15.8 Å². The average Bonchev–Trinajstić information content (AvgIpc) is 2.69. The lowest BCUT2D eigenvalue weighted by molar-refractivity contribution is 0.623. The van der Waals surface area contributed by atoms with Gasteiger partial charge in [-0.25, -0.2) is 4.39 Å². The average molecular weight is 300 g/mol. The minimum atomic E-state index is -0.281. The van der Waals surface area contributed by atoms with E-state index in [0.717, 1.165) is 31.5 Å². The number of aryl methyl sites for hydroxylation is 1. The number of benzene rings is 2. The van der Waals surface area contributed by atoms with Gasteiger partial charge in [-0.1, -0.05) is 30.4 Å². The van der Waals surface area contributed by atoms with Gasteiger partial charge in [0.2, 0.25) is 0 Å². The third-order valence-electron chi connectivity index (χ3n) is 3.88. The molecule has 0 atom stereocenters. The molecule has 0 aromatic heterocycles. The molecule has 1 aliphatic rings. The Hall–Kier alpha value is -1.94. The molecule has 0 spiro atoms. The van der Waals surface area contributed by atoms with Crippen molar-refractivity contribution in [3.8, 4) is 0 Å². The third kappa shape index (κ3) is 2.76. The van der Waals surface area contributed by atoms with Crippen LogP contribution >= 0.6 is 12.2 Å². The van der Waals surface area contributed by atoms with E-state index in [2.05, 4.69) is 17.0 Å². The second-order valence-corrected chi connectivity index (χ2v) is 5.71. The molecule has 4 heteroatoms. The van der Waals surface area contributed by atoms with E-state index in [0.29, 0.717) is 11.3 Å². The highest BCUT2D eigenvalue weighted by Crippen LogP contribution is 2.34. The molecule has 0 radical (unpaired) electrons. The molecule has 0 fully saturated rings. The van der Waals surface area contributed by atoms with Crippen LogP contribution in [0.1, 0.15) is 24.0 Å². The number of thiocarbonyl (C=S) groups is 1. The molecule has 1 aliphatic heterocycles. The van der Waals surface area contributed by atoms with Crippen LogP contribution in [-0.4, -0.2) is 11.5 Å². The highest BCUT2D eigenvalue weighted by molar-refractivity contribution is 7.80. The van der Waals surface area contributed by atoms with E-state index in [4.69, 9.17) is 18.0 Å². The molecule has 2 aromatic rings. The second-order valence-electron chi connectivity index (χ2n) is 5.27. The third-order valence-corrected chi connectivity index (χ3v) is 4.12. The first-order valence-electron chi connectivity index (χ1n) is 7.11. The maximum atomic E-state index is 14.5. The van der Waals surface area contributed by atoms with Crippen molar-refractivity contribution in [2.75, 3.05) is 11.4 Å². The van der Waals surface area contributed by atoms with Gasteiger partial charge in [0.25, 0.3) is 0 Å². The van der Waals surface area contributed by atoms with E-state index < -0.39 is 0 Å². The number of rotatable bonds is 2. The van der Waals surface area contributed by atoms with Crippen LogP contribution in [0, 0.1) is 5.82 Å². The van der Waals surface area contributed by atoms with Crippen molar-refractivity contribution in [3.05, 3.63) is 59.4 Å². The smallest absolute Gasteiger partial charge is 0.147 e. The van der Waals surface area contributed by atoms with Crippen LogP contribution in [0.15, 0.2) is 42.5 Å². The first kappa shape index (κ1) is 14.0. The maximum absolute atomic E-state index is 14.5. The van der Waals surface area contributed by atoms with Gasteiger partial charge in [0.1, 0.15) is 10.8 Å². The highest BCUT2D eigenvalue weighted by Gasteiger charge is 2.19. The van der Waals surface area contributed by atoms with Crippen molar-refractivity contribution < 1.29 is 4.39 Å². The Balaban J connectivity index is 2.06. The monoisotopic (exact) mass is 300 g/mol. The zero-order valence-corrected chi connectivity index (χ0v) is 12.5. The van der Waals surface area contributed by atoms with Crippen LogP contribution in [0.5, 0.6) is 0 Å². The molecule has 0 bridgehead atoms. The summed E-state index contributed by atoms with van der Waals surface area (Å²) < 4.78 is 14.5. The Labute approximate surface area is 129 Å². The molecule has 0 unspecified atom stereocenters. The molecule has 2 nitrogen and oxygen atoms in total. The normalized spacial score (nSPS) is 14.4. The second kappa shape index (κ2) is 5.82. The Bertz CT molecular complexity index is 684. The molecule has 1 heterocycles. The number of nitrogens with zero attached hydrogens (tertiary/aromatic N) is 1. The van der Waals surface area contributed by atoms with Crippen LogP contribution in [-0.2, 0) is 6.42 Å². The predicted molar refractivity (Wildman–Crippen MR) is 88.7 cm³/mol. The molecule has 0 saturated heterocycles. The number of nitrogens with two attached hydrogens (primary N) is 1. The molecule has 0 aliphatic carbocycles. The van der Waals surface area contributed by atoms with Gasteiger partial charge in [0.15, 0.2) is 0 Å². The standard InChI is InChI=1S/C17H17FN2S/c18-14-11-13(17(19)21)8-9-16(14)20-10-4-3-6-12-5-1-2-7-15(12)20/h1-2,5,7-9,11H,3-4,6,10H2,(H2,19,21). The summed E-state index contributed by atoms with van der Waals surface area (Å²) in [4.78, 5) is 2.28. The lowest BCUT2D eigenvalue weighted by atomic mass is 10.1. The molecule has 0 amide bonds. The number of hydrogen-bond acceptors (Lipinski definition) is 2. The van der Waals surface area contributed by atoms with Gasteiger partial charge in [-0.2, -0.15) is 0 Å². The topological polar surface area (TPSA) is 29.3 Å². The van der Waals surface area contributed by atoms with Gasteiger partial charge < -0.3 is 10.6 Å². The van der Waals surface area contributed by atoms with Crippen molar-refractivity contribution in [2.24, 2.45) is 5.73 Å². The molecule has 21 heavy (non-hydrogen) atoms. The first-order valence-corrected chi connectivity index (χ1v) is 7.52. The number of halogens is 1. The summed E-state index contributed by atoms with van der Waals surface area (Å²) in [5, 5.41) is 0. The fourth-order valence-corrected chi connectivity index (χ4v) is 2.95.